The molecule has 3 aromatic heterocycles. The van der Waals surface area contributed by atoms with Gasteiger partial charge in [-0.1, -0.05) is 62.4 Å². The molecule has 5 heteroatoms. The Hall–Kier alpha value is -3.86. The van der Waals surface area contributed by atoms with Gasteiger partial charge in [0.25, 0.3) is 0 Å². The Morgan fingerprint density at radius 3 is 2.32 bits per heavy atom. The fraction of sp³-hybridized carbons (Fsp3) is 0.219. The lowest BCUT2D eigenvalue weighted by Gasteiger charge is -2.27. The van der Waals surface area contributed by atoms with Gasteiger partial charge in [0.1, 0.15) is 7.05 Å². The molecule has 7 rings (SSSR count). The highest BCUT2D eigenvalue weighted by atomic mass is 19.4. The molecule has 37 heavy (non-hydrogen) atoms. The highest BCUT2D eigenvalue weighted by Crippen LogP contribution is 2.44. The number of hydrogen-bond acceptors (Lipinski definition) is 0. The van der Waals surface area contributed by atoms with Gasteiger partial charge in [0.2, 0.25) is 5.52 Å². The molecule has 0 fully saturated rings. The number of fused-ring (bicyclic) bond motifs is 7. The molecule has 0 saturated carbocycles. The lowest BCUT2D eigenvalue weighted by Crippen LogP contribution is -2.34. The normalized spacial score (nSPS) is 13.4. The van der Waals surface area contributed by atoms with Crippen molar-refractivity contribution in [3.8, 4) is 0 Å². The van der Waals surface area contributed by atoms with E-state index in [-0.39, 0.29) is 6.42 Å². The third kappa shape index (κ3) is 2.91. The number of pyridine rings is 2. The topological polar surface area (TPSA) is 8.29 Å². The minimum Gasteiger partial charge on any atom is -0.307 e. The van der Waals surface area contributed by atoms with E-state index in [0.717, 1.165) is 27.2 Å². The van der Waals surface area contributed by atoms with Crippen LogP contribution in [0.5, 0.6) is 0 Å². The van der Waals surface area contributed by atoms with Crippen molar-refractivity contribution in [2.24, 2.45) is 12.5 Å². The first-order valence-corrected chi connectivity index (χ1v) is 12.5. The molecule has 0 atom stereocenters. The lowest BCUT2D eigenvalue weighted by atomic mass is 9.84. The summed E-state index contributed by atoms with van der Waals surface area (Å²) in [4.78, 5) is 0. The molecule has 2 nitrogen and oxygen atoms in total. The Balaban J connectivity index is 1.68. The van der Waals surface area contributed by atoms with E-state index in [1.807, 2.05) is 18.2 Å². The van der Waals surface area contributed by atoms with Gasteiger partial charge >= 0.3 is 6.18 Å². The molecule has 7 aromatic rings. The summed E-state index contributed by atoms with van der Waals surface area (Å²) in [7, 11) is 2.08. The average Bonchev–Trinajstić information content (AvgIpc) is 3.18. The van der Waals surface area contributed by atoms with E-state index in [1.54, 1.807) is 0 Å². The van der Waals surface area contributed by atoms with Crippen molar-refractivity contribution in [1.82, 2.24) is 4.40 Å². The molecule has 0 bridgehead atoms. The number of alkyl halides is 3. The first kappa shape index (κ1) is 22.3. The molecular weight excluding hydrogens is 469 g/mol. The second-order valence-electron chi connectivity index (χ2n) is 11.1. The smallest absolute Gasteiger partial charge is 0.307 e. The van der Waals surface area contributed by atoms with Gasteiger partial charge in [-0.05, 0) is 47.4 Å². The Morgan fingerprint density at radius 2 is 1.54 bits per heavy atom. The van der Waals surface area contributed by atoms with Gasteiger partial charge in [-0.15, -0.1) is 0 Å². The van der Waals surface area contributed by atoms with Crippen LogP contribution in [0.4, 0.5) is 13.2 Å². The monoisotopic (exact) mass is 495 g/mol. The minimum absolute atomic E-state index is 0.0620. The molecule has 0 aliphatic carbocycles. The molecule has 184 valence electrons. The molecule has 3 heterocycles. The Labute approximate surface area is 211 Å². The molecule has 0 amide bonds. The van der Waals surface area contributed by atoms with Crippen LogP contribution in [0.1, 0.15) is 25.0 Å². The second kappa shape index (κ2) is 7.12. The van der Waals surface area contributed by atoms with Crippen LogP contribution in [0.3, 0.4) is 0 Å². The molecule has 0 spiro atoms. The summed E-state index contributed by atoms with van der Waals surface area (Å²) in [5.41, 5.74) is 4.68. The molecule has 0 aliphatic rings. The molecule has 4 aromatic carbocycles. The summed E-state index contributed by atoms with van der Waals surface area (Å²) in [6.45, 7) is 4.71. The zero-order valence-electron chi connectivity index (χ0n) is 21.2. The largest absolute Gasteiger partial charge is 0.394 e. The van der Waals surface area contributed by atoms with Crippen LogP contribution < -0.4 is 4.57 Å². The molecule has 0 unspecified atom stereocenters. The van der Waals surface area contributed by atoms with Crippen molar-refractivity contribution < 1.29 is 17.7 Å². The van der Waals surface area contributed by atoms with Gasteiger partial charge in [-0.25, -0.2) is 4.57 Å². The van der Waals surface area contributed by atoms with Crippen molar-refractivity contribution in [3.05, 3.63) is 84.1 Å². The number of benzene rings is 4. The molecule has 0 saturated heterocycles. The first-order chi connectivity index (χ1) is 17.6. The third-order valence-corrected chi connectivity index (χ3v) is 8.21. The molecule has 0 N–H and O–H groups in total. The van der Waals surface area contributed by atoms with Crippen LogP contribution in [-0.4, -0.2) is 10.6 Å². The number of aromatic nitrogens is 2. The number of aryl methyl sites for hydroxylation is 2. The fourth-order valence-electron chi connectivity index (χ4n) is 6.23. The van der Waals surface area contributed by atoms with Crippen molar-refractivity contribution in [1.29, 1.82) is 0 Å². The summed E-state index contributed by atoms with van der Waals surface area (Å²) in [5.74, 6) is 0. The van der Waals surface area contributed by atoms with Crippen LogP contribution in [0.2, 0.25) is 0 Å². The van der Waals surface area contributed by atoms with E-state index < -0.39 is 11.6 Å². The fourth-order valence-corrected chi connectivity index (χ4v) is 6.23. The van der Waals surface area contributed by atoms with E-state index in [9.17, 15) is 13.2 Å². The van der Waals surface area contributed by atoms with Crippen LogP contribution in [-0.2, 0) is 13.5 Å². The number of hydrogen-bond donors (Lipinski definition) is 0. The molecule has 0 radical (unpaired) electrons. The van der Waals surface area contributed by atoms with Crippen LogP contribution >= 0.6 is 0 Å². The highest BCUT2D eigenvalue weighted by Gasteiger charge is 2.47. The average molecular weight is 496 g/mol. The van der Waals surface area contributed by atoms with Crippen molar-refractivity contribution in [2.75, 3.05) is 0 Å². The summed E-state index contributed by atoms with van der Waals surface area (Å²) < 4.78 is 45.5. The lowest BCUT2D eigenvalue weighted by molar-refractivity contribution is -0.643. The van der Waals surface area contributed by atoms with Crippen molar-refractivity contribution in [3.63, 3.8) is 0 Å². The maximum atomic E-state index is 13.7. The molecular formula is C32H26F3N2+. The van der Waals surface area contributed by atoms with Gasteiger partial charge in [0, 0.05) is 22.2 Å². The van der Waals surface area contributed by atoms with Crippen LogP contribution in [0.15, 0.2) is 72.9 Å². The number of rotatable bonds is 2. The predicted octanol–water partition coefficient (Wildman–Crippen LogP) is 8.41. The molecule has 0 aliphatic heterocycles. The van der Waals surface area contributed by atoms with E-state index >= 15 is 0 Å². The Kier molecular flexibility index (Phi) is 4.30. The quantitative estimate of drug-likeness (QED) is 0.129. The zero-order chi connectivity index (χ0) is 25.9. The maximum Gasteiger partial charge on any atom is 0.394 e. The van der Waals surface area contributed by atoms with E-state index in [4.69, 9.17) is 0 Å². The van der Waals surface area contributed by atoms with E-state index in [1.165, 1.54) is 52.0 Å². The standard InChI is InChI=1S/C32H26F3N2/c1-18-9-11-24-22-7-5-6-8-25(22)37-26-16-20-15-19(17-31(2,3)32(33,34)35)10-12-21(20)23-13-14-36(4)30(28(23)26)27(18)29(24)37/h5-16H,17H2,1-4H3/q+1. The maximum absolute atomic E-state index is 13.7. The summed E-state index contributed by atoms with van der Waals surface area (Å²) in [5, 5.41) is 7.94. The summed E-state index contributed by atoms with van der Waals surface area (Å²) >= 11 is 0. The van der Waals surface area contributed by atoms with Gasteiger partial charge < -0.3 is 4.40 Å². The minimum atomic E-state index is -4.27. The summed E-state index contributed by atoms with van der Waals surface area (Å²) in [6, 6.07) is 23.0. The van der Waals surface area contributed by atoms with Crippen molar-refractivity contribution in [2.45, 2.75) is 33.4 Å². The van der Waals surface area contributed by atoms with Crippen LogP contribution in [0, 0.1) is 12.3 Å². The van der Waals surface area contributed by atoms with Gasteiger partial charge in [0.15, 0.2) is 6.20 Å². The Bertz CT molecular complexity index is 2040. The summed E-state index contributed by atoms with van der Waals surface area (Å²) in [6.07, 6.45) is -2.23. The number of para-hydroxylation sites is 1. The van der Waals surface area contributed by atoms with Crippen LogP contribution in [0.25, 0.3) is 59.8 Å². The zero-order valence-corrected chi connectivity index (χ0v) is 21.2. The third-order valence-electron chi connectivity index (χ3n) is 8.21. The SMILES string of the molecule is Cc1ccc2c3ccccc3n3c4cc5cc(CC(C)(C)C(F)(F)F)ccc5c5cc[n+](C)c(c1c23)c54. The van der Waals surface area contributed by atoms with Gasteiger partial charge in [0.05, 0.1) is 32.7 Å². The predicted molar refractivity (Wildman–Crippen MR) is 146 cm³/mol. The van der Waals surface area contributed by atoms with E-state index in [0.29, 0.717) is 5.56 Å². The van der Waals surface area contributed by atoms with Gasteiger partial charge in [-0.3, -0.25) is 0 Å². The number of halogens is 3. The van der Waals surface area contributed by atoms with E-state index in [2.05, 4.69) is 77.7 Å². The Morgan fingerprint density at radius 1 is 0.784 bits per heavy atom. The second-order valence-corrected chi connectivity index (χ2v) is 11.1. The van der Waals surface area contributed by atoms with Crippen molar-refractivity contribution >= 4 is 59.8 Å². The first-order valence-electron chi connectivity index (χ1n) is 12.5. The van der Waals surface area contributed by atoms with Gasteiger partial charge in [-0.2, -0.15) is 13.2 Å². The highest BCUT2D eigenvalue weighted by molar-refractivity contribution is 6.29. The number of nitrogens with zero attached hydrogens (tertiary/aromatic N) is 2.